The van der Waals surface area contributed by atoms with Crippen LogP contribution in [0.5, 0.6) is 5.88 Å². The van der Waals surface area contributed by atoms with E-state index in [1.165, 1.54) is 24.7 Å². The largest absolute Gasteiger partial charge is 0.469 e. The van der Waals surface area contributed by atoms with E-state index in [4.69, 9.17) is 10.5 Å². The second-order valence-electron chi connectivity index (χ2n) is 5.06. The topological polar surface area (TPSA) is 73.4 Å². The van der Waals surface area contributed by atoms with E-state index in [9.17, 15) is 0 Å². The lowest BCUT2D eigenvalue weighted by Gasteiger charge is -2.16. The Morgan fingerprint density at radius 3 is 2.76 bits per heavy atom. The summed E-state index contributed by atoms with van der Waals surface area (Å²) in [5.74, 6) is 0.794. The van der Waals surface area contributed by atoms with Crippen molar-refractivity contribution in [2.75, 3.05) is 12.3 Å². The lowest BCUT2D eigenvalue weighted by molar-refractivity contribution is 0.357. The van der Waals surface area contributed by atoms with Gasteiger partial charge in [-0.2, -0.15) is 4.98 Å². The molecule has 1 aliphatic heterocycles. The van der Waals surface area contributed by atoms with Crippen LogP contribution in [0.1, 0.15) is 30.9 Å². The van der Waals surface area contributed by atoms with Gasteiger partial charge in [0.05, 0.1) is 5.71 Å². The van der Waals surface area contributed by atoms with Gasteiger partial charge in [-0.1, -0.05) is 37.6 Å². The molecule has 1 aromatic carbocycles. The molecule has 0 saturated carbocycles. The molecule has 2 aromatic rings. The molecule has 0 aliphatic carbocycles. The molecule has 0 fully saturated rings. The Labute approximate surface area is 123 Å². The molecule has 0 radical (unpaired) electrons. The quantitative estimate of drug-likeness (QED) is 0.935. The molecule has 108 valence electrons. The van der Waals surface area contributed by atoms with Crippen molar-refractivity contribution in [3.63, 3.8) is 0 Å². The van der Waals surface area contributed by atoms with Gasteiger partial charge in [0.1, 0.15) is 12.9 Å². The fraction of sp³-hybridized carbons (Fsp3) is 0.312. The van der Waals surface area contributed by atoms with Crippen molar-refractivity contribution in [1.29, 1.82) is 0 Å². The Bertz CT molecular complexity index is 664. The number of benzene rings is 1. The summed E-state index contributed by atoms with van der Waals surface area (Å²) in [7, 11) is 0. The number of nitrogens with two attached hydrogens (primary N) is 1. The standard InChI is InChI=1S/C16H18N4O/c1-2-3-4-11-5-7-12(8-6-11)13-9-21-16-14(20-13)15(17)18-10-19-16/h5-8,10H,2-4,9H2,1H3,(H2,17,18,19). The van der Waals surface area contributed by atoms with Gasteiger partial charge in [0.25, 0.3) is 0 Å². The maximum atomic E-state index is 5.82. The van der Waals surface area contributed by atoms with Gasteiger partial charge in [-0.15, -0.1) is 0 Å². The highest BCUT2D eigenvalue weighted by Crippen LogP contribution is 2.33. The molecule has 0 saturated heterocycles. The Morgan fingerprint density at radius 2 is 2.00 bits per heavy atom. The summed E-state index contributed by atoms with van der Waals surface area (Å²) in [6, 6.07) is 8.46. The summed E-state index contributed by atoms with van der Waals surface area (Å²) < 4.78 is 5.60. The number of anilines is 1. The van der Waals surface area contributed by atoms with Crippen LogP contribution in [0.25, 0.3) is 0 Å². The molecular formula is C16H18N4O. The zero-order valence-electron chi connectivity index (χ0n) is 12.0. The van der Waals surface area contributed by atoms with Crippen LogP contribution < -0.4 is 10.5 Å². The van der Waals surface area contributed by atoms with Gasteiger partial charge in [-0.25, -0.2) is 9.98 Å². The van der Waals surface area contributed by atoms with Gasteiger partial charge in [0.15, 0.2) is 11.5 Å². The summed E-state index contributed by atoms with van der Waals surface area (Å²) in [6.45, 7) is 2.60. The van der Waals surface area contributed by atoms with Crippen LogP contribution in [-0.2, 0) is 6.42 Å². The summed E-state index contributed by atoms with van der Waals surface area (Å²) in [5, 5.41) is 0. The van der Waals surface area contributed by atoms with Gasteiger partial charge in [-0.3, -0.25) is 0 Å². The fourth-order valence-electron chi connectivity index (χ4n) is 2.28. The SMILES string of the molecule is CCCCc1ccc(C2=Nc3c(N)ncnc3OC2)cc1. The number of aliphatic imine (C=N–C) groups is 1. The molecule has 1 aliphatic rings. The third-order valence-corrected chi connectivity index (χ3v) is 3.52. The number of hydrogen-bond acceptors (Lipinski definition) is 5. The predicted molar refractivity (Wildman–Crippen MR) is 83.2 cm³/mol. The summed E-state index contributed by atoms with van der Waals surface area (Å²) in [5.41, 5.74) is 9.59. The number of ether oxygens (including phenoxy) is 1. The smallest absolute Gasteiger partial charge is 0.245 e. The van der Waals surface area contributed by atoms with E-state index in [0.29, 0.717) is 24.0 Å². The Hall–Kier alpha value is -2.43. The van der Waals surface area contributed by atoms with Crippen molar-refractivity contribution in [2.24, 2.45) is 4.99 Å². The van der Waals surface area contributed by atoms with Crippen LogP contribution in [0.4, 0.5) is 11.5 Å². The van der Waals surface area contributed by atoms with E-state index in [1.54, 1.807) is 0 Å². The van der Waals surface area contributed by atoms with E-state index in [-0.39, 0.29) is 0 Å². The zero-order valence-corrected chi connectivity index (χ0v) is 12.0. The van der Waals surface area contributed by atoms with Crippen LogP contribution in [-0.4, -0.2) is 22.3 Å². The number of nitrogen functional groups attached to an aromatic ring is 1. The van der Waals surface area contributed by atoms with E-state index in [1.807, 2.05) is 0 Å². The number of hydrogen-bond donors (Lipinski definition) is 1. The predicted octanol–water partition coefficient (Wildman–Crippen LogP) is 2.91. The number of aryl methyl sites for hydroxylation is 1. The average molecular weight is 282 g/mol. The van der Waals surface area contributed by atoms with Gasteiger partial charge in [-0.05, 0) is 24.0 Å². The highest BCUT2D eigenvalue weighted by molar-refractivity contribution is 6.04. The third kappa shape index (κ3) is 2.86. The average Bonchev–Trinajstić information content (AvgIpc) is 2.54. The number of fused-ring (bicyclic) bond motifs is 1. The molecule has 1 aromatic heterocycles. The first-order chi connectivity index (χ1) is 10.3. The first-order valence-corrected chi connectivity index (χ1v) is 7.18. The van der Waals surface area contributed by atoms with Crippen LogP contribution in [0.3, 0.4) is 0 Å². The van der Waals surface area contributed by atoms with Crippen LogP contribution in [0, 0.1) is 0 Å². The minimum absolute atomic E-state index is 0.344. The van der Waals surface area contributed by atoms with Crippen molar-refractivity contribution >= 4 is 17.2 Å². The second-order valence-corrected chi connectivity index (χ2v) is 5.06. The van der Waals surface area contributed by atoms with Gasteiger partial charge < -0.3 is 10.5 Å². The summed E-state index contributed by atoms with van der Waals surface area (Å²) >= 11 is 0. The first kappa shape index (κ1) is 13.5. The highest BCUT2D eigenvalue weighted by atomic mass is 16.5. The highest BCUT2D eigenvalue weighted by Gasteiger charge is 2.18. The monoisotopic (exact) mass is 282 g/mol. The minimum Gasteiger partial charge on any atom is -0.469 e. The van der Waals surface area contributed by atoms with Crippen LogP contribution in [0.2, 0.25) is 0 Å². The molecule has 0 amide bonds. The molecule has 21 heavy (non-hydrogen) atoms. The van der Waals surface area contributed by atoms with Gasteiger partial charge in [0.2, 0.25) is 5.88 Å². The number of rotatable bonds is 4. The third-order valence-electron chi connectivity index (χ3n) is 3.52. The Kier molecular flexibility index (Phi) is 3.81. The van der Waals surface area contributed by atoms with E-state index in [0.717, 1.165) is 17.7 Å². The molecule has 0 unspecified atom stereocenters. The summed E-state index contributed by atoms with van der Waals surface area (Å²) in [4.78, 5) is 12.5. The molecule has 0 spiro atoms. The van der Waals surface area contributed by atoms with E-state index >= 15 is 0 Å². The molecule has 5 nitrogen and oxygen atoms in total. The maximum absolute atomic E-state index is 5.82. The van der Waals surface area contributed by atoms with Crippen LogP contribution >= 0.6 is 0 Å². The van der Waals surface area contributed by atoms with Crippen molar-refractivity contribution in [2.45, 2.75) is 26.2 Å². The number of nitrogens with zero attached hydrogens (tertiary/aromatic N) is 3. The lowest BCUT2D eigenvalue weighted by atomic mass is 10.0. The molecule has 5 heteroatoms. The molecule has 0 atom stereocenters. The Balaban J connectivity index is 1.86. The van der Waals surface area contributed by atoms with E-state index in [2.05, 4.69) is 46.1 Å². The van der Waals surface area contributed by atoms with Crippen molar-refractivity contribution in [1.82, 2.24) is 9.97 Å². The fourth-order valence-corrected chi connectivity index (χ4v) is 2.28. The molecule has 3 rings (SSSR count). The van der Waals surface area contributed by atoms with Crippen molar-refractivity contribution in [3.05, 3.63) is 41.7 Å². The van der Waals surface area contributed by atoms with Gasteiger partial charge in [0, 0.05) is 0 Å². The maximum Gasteiger partial charge on any atom is 0.245 e. The number of unbranched alkanes of at least 4 members (excludes halogenated alkanes) is 1. The molecule has 2 N–H and O–H groups in total. The molecular weight excluding hydrogens is 264 g/mol. The second kappa shape index (κ2) is 5.91. The lowest BCUT2D eigenvalue weighted by Crippen LogP contribution is -2.17. The normalized spacial score (nSPS) is 13.3. The number of aromatic nitrogens is 2. The van der Waals surface area contributed by atoms with Crippen molar-refractivity contribution < 1.29 is 4.74 Å². The molecule has 0 bridgehead atoms. The summed E-state index contributed by atoms with van der Waals surface area (Å²) in [6.07, 6.45) is 4.92. The first-order valence-electron chi connectivity index (χ1n) is 7.18. The molecule has 2 heterocycles. The Morgan fingerprint density at radius 1 is 1.19 bits per heavy atom. The van der Waals surface area contributed by atoms with Crippen LogP contribution in [0.15, 0.2) is 35.6 Å². The van der Waals surface area contributed by atoms with Crippen molar-refractivity contribution in [3.8, 4) is 5.88 Å². The zero-order chi connectivity index (χ0) is 14.7. The minimum atomic E-state index is 0.344. The van der Waals surface area contributed by atoms with E-state index < -0.39 is 0 Å². The van der Waals surface area contributed by atoms with Gasteiger partial charge >= 0.3 is 0 Å².